The van der Waals surface area contributed by atoms with Gasteiger partial charge in [0.05, 0.1) is 16.3 Å². The number of benzene rings is 1. The fourth-order valence-electron chi connectivity index (χ4n) is 2.08. The van der Waals surface area contributed by atoms with Gasteiger partial charge in [0.15, 0.2) is 4.34 Å². The van der Waals surface area contributed by atoms with Gasteiger partial charge in [0, 0.05) is 5.75 Å². The van der Waals surface area contributed by atoms with E-state index in [9.17, 15) is 5.26 Å². The first-order valence-electron chi connectivity index (χ1n) is 7.31. The number of aromatic nitrogens is 1. The van der Waals surface area contributed by atoms with Crippen LogP contribution in [0, 0.1) is 11.3 Å². The number of hydrogen-bond donors (Lipinski definition) is 1. The van der Waals surface area contributed by atoms with E-state index in [-0.39, 0.29) is 0 Å². The molecule has 112 valence electrons. The molecule has 2 rings (SSSR count). The van der Waals surface area contributed by atoms with E-state index in [0.29, 0.717) is 0 Å². The van der Waals surface area contributed by atoms with E-state index < -0.39 is 5.54 Å². The summed E-state index contributed by atoms with van der Waals surface area (Å²) >= 11 is 3.54. The molecule has 0 radical (unpaired) electrons. The molecule has 1 aromatic heterocycles. The van der Waals surface area contributed by atoms with Gasteiger partial charge in [0.2, 0.25) is 0 Å². The van der Waals surface area contributed by atoms with Crippen molar-refractivity contribution >= 4 is 33.3 Å². The summed E-state index contributed by atoms with van der Waals surface area (Å²) in [4.78, 5) is 4.62. The Balaban J connectivity index is 1.80. The highest BCUT2D eigenvalue weighted by atomic mass is 32.2. The van der Waals surface area contributed by atoms with Crippen LogP contribution in [0.2, 0.25) is 0 Å². The number of nitriles is 1. The maximum Gasteiger partial charge on any atom is 0.151 e. The zero-order valence-corrected chi connectivity index (χ0v) is 14.2. The van der Waals surface area contributed by atoms with Crippen molar-refractivity contribution < 1.29 is 0 Å². The highest BCUT2D eigenvalue weighted by Crippen LogP contribution is 2.30. The van der Waals surface area contributed by atoms with Crippen molar-refractivity contribution in [3.8, 4) is 6.07 Å². The molecule has 1 aromatic carbocycles. The summed E-state index contributed by atoms with van der Waals surface area (Å²) < 4.78 is 2.36. The third kappa shape index (κ3) is 4.70. The van der Waals surface area contributed by atoms with Crippen LogP contribution in [0.15, 0.2) is 28.6 Å². The van der Waals surface area contributed by atoms with Crippen LogP contribution in [-0.2, 0) is 0 Å². The van der Waals surface area contributed by atoms with Crippen LogP contribution >= 0.6 is 23.1 Å². The van der Waals surface area contributed by atoms with Crippen LogP contribution < -0.4 is 5.32 Å². The normalized spacial score (nSPS) is 14.0. The number of thiazole rings is 1. The Hall–Kier alpha value is -1.09. The molecule has 0 amide bonds. The number of hydrogen-bond acceptors (Lipinski definition) is 5. The zero-order valence-electron chi connectivity index (χ0n) is 12.6. The number of thioether (sulfide) groups is 1. The Labute approximate surface area is 134 Å². The van der Waals surface area contributed by atoms with Crippen molar-refractivity contribution in [2.24, 2.45) is 0 Å². The third-order valence-corrected chi connectivity index (χ3v) is 5.60. The zero-order chi connectivity index (χ0) is 15.1. The van der Waals surface area contributed by atoms with Gasteiger partial charge in [-0.25, -0.2) is 4.98 Å². The summed E-state index contributed by atoms with van der Waals surface area (Å²) in [6.07, 6.45) is 2.94. The summed E-state index contributed by atoms with van der Waals surface area (Å²) in [5, 5.41) is 12.6. The third-order valence-electron chi connectivity index (χ3n) is 3.33. The molecule has 1 atom stereocenters. The first-order chi connectivity index (χ1) is 10.2. The minimum Gasteiger partial charge on any atom is -0.300 e. The minimum atomic E-state index is -0.399. The van der Waals surface area contributed by atoms with E-state index >= 15 is 0 Å². The van der Waals surface area contributed by atoms with E-state index in [0.717, 1.165) is 41.4 Å². The lowest BCUT2D eigenvalue weighted by Crippen LogP contribution is -2.41. The fraction of sp³-hybridized carbons (Fsp3) is 0.500. The van der Waals surface area contributed by atoms with Gasteiger partial charge in [-0.05, 0) is 44.9 Å². The van der Waals surface area contributed by atoms with Crippen LogP contribution in [0.1, 0.15) is 33.1 Å². The maximum absolute atomic E-state index is 9.29. The first kappa shape index (κ1) is 16.3. The Morgan fingerprint density at radius 1 is 1.43 bits per heavy atom. The average molecular weight is 319 g/mol. The van der Waals surface area contributed by atoms with Crippen LogP contribution in [0.5, 0.6) is 0 Å². The molecule has 0 fully saturated rings. The van der Waals surface area contributed by atoms with Gasteiger partial charge >= 0.3 is 0 Å². The molecular formula is C16H21N3S2. The Kier molecular flexibility index (Phi) is 6.04. The molecule has 1 heterocycles. The second kappa shape index (κ2) is 7.79. The number of rotatable bonds is 8. The second-order valence-electron chi connectivity index (χ2n) is 5.27. The molecule has 0 aliphatic rings. The average Bonchev–Trinajstić information content (AvgIpc) is 2.92. The largest absolute Gasteiger partial charge is 0.300 e. The van der Waals surface area contributed by atoms with Crippen molar-refractivity contribution in [1.82, 2.24) is 10.3 Å². The van der Waals surface area contributed by atoms with E-state index in [1.54, 1.807) is 23.1 Å². The smallest absolute Gasteiger partial charge is 0.151 e. The SMILES string of the molecule is CCCNC(C)(C#N)CCCSc1nc2ccccc2s1. The second-order valence-corrected chi connectivity index (χ2v) is 7.64. The van der Waals surface area contributed by atoms with Crippen LogP contribution in [0.25, 0.3) is 10.2 Å². The molecule has 1 unspecified atom stereocenters. The van der Waals surface area contributed by atoms with Gasteiger partial charge in [-0.1, -0.05) is 30.8 Å². The van der Waals surface area contributed by atoms with Gasteiger partial charge in [-0.2, -0.15) is 5.26 Å². The van der Waals surface area contributed by atoms with Crippen molar-refractivity contribution in [3.05, 3.63) is 24.3 Å². The molecule has 0 saturated heterocycles. The highest BCUT2D eigenvalue weighted by Gasteiger charge is 2.21. The van der Waals surface area contributed by atoms with Gasteiger partial charge < -0.3 is 0 Å². The van der Waals surface area contributed by atoms with E-state index in [1.807, 2.05) is 19.1 Å². The molecule has 21 heavy (non-hydrogen) atoms. The number of nitrogens with zero attached hydrogens (tertiary/aromatic N) is 2. The lowest BCUT2D eigenvalue weighted by atomic mass is 9.98. The molecule has 1 N–H and O–H groups in total. The summed E-state index contributed by atoms with van der Waals surface area (Å²) in [6.45, 7) is 5.01. The molecule has 0 saturated carbocycles. The summed E-state index contributed by atoms with van der Waals surface area (Å²) in [5.41, 5.74) is 0.681. The predicted octanol–water partition coefficient (Wildman–Crippen LogP) is 4.45. The predicted molar refractivity (Wildman–Crippen MR) is 91.9 cm³/mol. The van der Waals surface area contributed by atoms with E-state index in [1.165, 1.54) is 4.70 Å². The summed E-state index contributed by atoms with van der Waals surface area (Å²) in [6, 6.07) is 10.6. The number of fused-ring (bicyclic) bond motifs is 1. The Morgan fingerprint density at radius 2 is 2.24 bits per heavy atom. The number of para-hydroxylation sites is 1. The monoisotopic (exact) mass is 319 g/mol. The summed E-state index contributed by atoms with van der Waals surface area (Å²) in [7, 11) is 0. The highest BCUT2D eigenvalue weighted by molar-refractivity contribution is 8.01. The van der Waals surface area contributed by atoms with Crippen molar-refractivity contribution in [1.29, 1.82) is 5.26 Å². The van der Waals surface area contributed by atoms with Crippen LogP contribution in [0.4, 0.5) is 0 Å². The Morgan fingerprint density at radius 3 is 2.95 bits per heavy atom. The van der Waals surface area contributed by atoms with Gasteiger partial charge in [0.25, 0.3) is 0 Å². The topological polar surface area (TPSA) is 48.7 Å². The molecule has 3 nitrogen and oxygen atoms in total. The van der Waals surface area contributed by atoms with E-state index in [4.69, 9.17) is 0 Å². The quantitative estimate of drug-likeness (QED) is 0.577. The number of nitrogens with one attached hydrogen (secondary N) is 1. The van der Waals surface area contributed by atoms with Crippen LogP contribution in [-0.4, -0.2) is 22.8 Å². The minimum absolute atomic E-state index is 0.399. The van der Waals surface area contributed by atoms with E-state index in [2.05, 4.69) is 35.4 Å². The van der Waals surface area contributed by atoms with Gasteiger partial charge in [-0.15, -0.1) is 11.3 Å². The van der Waals surface area contributed by atoms with Crippen LogP contribution in [0.3, 0.4) is 0 Å². The molecule has 2 aromatic rings. The molecule has 5 heteroatoms. The lowest BCUT2D eigenvalue weighted by Gasteiger charge is -2.22. The molecule has 0 bridgehead atoms. The fourth-order valence-corrected chi connectivity index (χ4v) is 4.16. The van der Waals surface area contributed by atoms with Gasteiger partial charge in [-0.3, -0.25) is 5.32 Å². The van der Waals surface area contributed by atoms with Crippen molar-refractivity contribution in [3.63, 3.8) is 0 Å². The lowest BCUT2D eigenvalue weighted by molar-refractivity contribution is 0.415. The van der Waals surface area contributed by atoms with Crippen molar-refractivity contribution in [2.45, 2.75) is 43.0 Å². The summed E-state index contributed by atoms with van der Waals surface area (Å²) in [5.74, 6) is 1.00. The molecule has 0 aliphatic heterocycles. The molecular weight excluding hydrogens is 298 g/mol. The standard InChI is InChI=1S/C16H21N3S2/c1-3-10-18-16(2,12-17)9-6-11-20-15-19-13-7-4-5-8-14(13)21-15/h4-5,7-8,18H,3,6,9-11H2,1-2H3. The molecule has 0 aliphatic carbocycles. The van der Waals surface area contributed by atoms with Crippen molar-refractivity contribution in [2.75, 3.05) is 12.3 Å². The molecule has 0 spiro atoms. The Bertz CT molecular complexity index is 584. The maximum atomic E-state index is 9.29. The van der Waals surface area contributed by atoms with Gasteiger partial charge in [0.1, 0.15) is 5.54 Å². The first-order valence-corrected chi connectivity index (χ1v) is 9.12.